The summed E-state index contributed by atoms with van der Waals surface area (Å²) in [5.74, 6) is 0.955. The Labute approximate surface area is 94.4 Å². The molecule has 0 aromatic heterocycles. The zero-order valence-electron chi connectivity index (χ0n) is 10.8. The van der Waals surface area contributed by atoms with Crippen LogP contribution in [-0.4, -0.2) is 35.6 Å². The lowest BCUT2D eigenvalue weighted by molar-refractivity contribution is 0.0367. The van der Waals surface area contributed by atoms with Crippen LogP contribution in [0.4, 0.5) is 0 Å². The molecule has 88 valence electrons. The summed E-state index contributed by atoms with van der Waals surface area (Å²) in [6.07, 6.45) is 4.11. The summed E-state index contributed by atoms with van der Waals surface area (Å²) in [5, 5.41) is 3.66. The number of nitrogens with zero attached hydrogens (tertiary/aromatic N) is 1. The Bertz CT molecular complexity index is 233. The molecule has 2 rings (SSSR count). The van der Waals surface area contributed by atoms with Gasteiger partial charge in [-0.2, -0.15) is 0 Å². The van der Waals surface area contributed by atoms with Gasteiger partial charge >= 0.3 is 0 Å². The first-order valence-electron chi connectivity index (χ1n) is 6.48. The summed E-state index contributed by atoms with van der Waals surface area (Å²) in [5.41, 5.74) is 0.767. The van der Waals surface area contributed by atoms with Gasteiger partial charge in [-0.25, -0.2) is 0 Å². The fraction of sp³-hybridized carbons (Fsp3) is 1.00. The number of piperazine rings is 1. The molecule has 0 aromatic carbocycles. The van der Waals surface area contributed by atoms with Crippen LogP contribution in [0, 0.1) is 5.92 Å². The van der Waals surface area contributed by atoms with E-state index in [1.807, 2.05) is 0 Å². The number of hydrogen-bond donors (Lipinski definition) is 1. The maximum absolute atomic E-state index is 3.66. The highest BCUT2D eigenvalue weighted by Gasteiger charge is 2.44. The molecule has 0 amide bonds. The molecule has 0 radical (unpaired) electrons. The SMILES string of the molecule is CCC1(C)CN(C(C)(C)C2CC2)CCN1. The van der Waals surface area contributed by atoms with Gasteiger partial charge in [-0.05, 0) is 46.0 Å². The second-order valence-electron chi connectivity index (χ2n) is 6.19. The van der Waals surface area contributed by atoms with Gasteiger partial charge in [-0.3, -0.25) is 4.90 Å². The number of hydrogen-bond acceptors (Lipinski definition) is 2. The van der Waals surface area contributed by atoms with Crippen LogP contribution in [0.25, 0.3) is 0 Å². The van der Waals surface area contributed by atoms with Crippen LogP contribution >= 0.6 is 0 Å². The molecule has 1 aliphatic heterocycles. The van der Waals surface area contributed by atoms with Gasteiger partial charge < -0.3 is 5.32 Å². The smallest absolute Gasteiger partial charge is 0.0278 e. The van der Waals surface area contributed by atoms with Gasteiger partial charge in [0.05, 0.1) is 0 Å². The lowest BCUT2D eigenvalue weighted by Crippen LogP contribution is -2.63. The summed E-state index contributed by atoms with van der Waals surface area (Å²) in [6.45, 7) is 13.1. The van der Waals surface area contributed by atoms with E-state index in [4.69, 9.17) is 0 Å². The van der Waals surface area contributed by atoms with Crippen molar-refractivity contribution in [3.8, 4) is 0 Å². The number of rotatable bonds is 3. The summed E-state index contributed by atoms with van der Waals surface area (Å²) < 4.78 is 0. The van der Waals surface area contributed by atoms with Gasteiger partial charge in [0.1, 0.15) is 0 Å². The Morgan fingerprint density at radius 1 is 1.40 bits per heavy atom. The molecule has 0 aromatic rings. The van der Waals surface area contributed by atoms with E-state index in [1.54, 1.807) is 0 Å². The fourth-order valence-electron chi connectivity index (χ4n) is 2.83. The topological polar surface area (TPSA) is 15.3 Å². The van der Waals surface area contributed by atoms with Gasteiger partial charge in [0.15, 0.2) is 0 Å². The average Bonchev–Trinajstić information content (AvgIpc) is 3.01. The minimum Gasteiger partial charge on any atom is -0.309 e. The lowest BCUT2D eigenvalue weighted by atomic mass is 9.89. The first kappa shape index (κ1) is 11.4. The molecule has 1 aliphatic carbocycles. The molecular weight excluding hydrogens is 184 g/mol. The summed E-state index contributed by atoms with van der Waals surface area (Å²) in [4.78, 5) is 2.71. The molecule has 2 nitrogen and oxygen atoms in total. The fourth-order valence-corrected chi connectivity index (χ4v) is 2.83. The summed E-state index contributed by atoms with van der Waals surface area (Å²) >= 11 is 0. The van der Waals surface area contributed by atoms with Gasteiger partial charge in [0.25, 0.3) is 0 Å². The molecule has 1 heterocycles. The van der Waals surface area contributed by atoms with E-state index in [0.717, 1.165) is 12.5 Å². The Morgan fingerprint density at radius 3 is 2.60 bits per heavy atom. The quantitative estimate of drug-likeness (QED) is 0.768. The predicted octanol–water partition coefficient (Wildman–Crippen LogP) is 2.25. The van der Waals surface area contributed by atoms with Crippen LogP contribution < -0.4 is 5.32 Å². The predicted molar refractivity (Wildman–Crippen MR) is 65.1 cm³/mol. The van der Waals surface area contributed by atoms with Gasteiger partial charge in [-0.1, -0.05) is 6.92 Å². The highest BCUT2D eigenvalue weighted by molar-refractivity contribution is 5.01. The Kier molecular flexibility index (Phi) is 2.85. The van der Waals surface area contributed by atoms with Crippen LogP contribution in [0.15, 0.2) is 0 Å². The van der Waals surface area contributed by atoms with E-state index in [1.165, 1.54) is 32.4 Å². The molecule has 1 saturated carbocycles. The highest BCUT2D eigenvalue weighted by atomic mass is 15.3. The van der Waals surface area contributed by atoms with Crippen molar-refractivity contribution in [3.63, 3.8) is 0 Å². The molecule has 1 atom stereocenters. The van der Waals surface area contributed by atoms with E-state index >= 15 is 0 Å². The minimum absolute atomic E-state index is 0.338. The van der Waals surface area contributed by atoms with Crippen LogP contribution in [0.2, 0.25) is 0 Å². The maximum atomic E-state index is 3.66. The van der Waals surface area contributed by atoms with Crippen molar-refractivity contribution >= 4 is 0 Å². The molecular formula is C13H26N2. The van der Waals surface area contributed by atoms with Crippen LogP contribution in [-0.2, 0) is 0 Å². The molecule has 1 N–H and O–H groups in total. The summed E-state index contributed by atoms with van der Waals surface area (Å²) in [6, 6.07) is 0. The van der Waals surface area contributed by atoms with Gasteiger partial charge in [0.2, 0.25) is 0 Å². The zero-order chi connectivity index (χ0) is 11.1. The zero-order valence-corrected chi connectivity index (χ0v) is 10.8. The van der Waals surface area contributed by atoms with Crippen molar-refractivity contribution in [1.29, 1.82) is 0 Å². The van der Waals surface area contributed by atoms with Crippen LogP contribution in [0.1, 0.15) is 47.0 Å². The van der Waals surface area contributed by atoms with Gasteiger partial charge in [-0.15, -0.1) is 0 Å². The standard InChI is InChI=1S/C13H26N2/c1-5-13(4)10-15(9-8-14-13)12(2,3)11-6-7-11/h11,14H,5-10H2,1-4H3. The first-order chi connectivity index (χ1) is 6.98. The lowest BCUT2D eigenvalue weighted by Gasteiger charge is -2.48. The summed E-state index contributed by atoms with van der Waals surface area (Å²) in [7, 11) is 0. The minimum atomic E-state index is 0.338. The van der Waals surface area contributed by atoms with E-state index in [9.17, 15) is 0 Å². The first-order valence-corrected chi connectivity index (χ1v) is 6.48. The number of nitrogens with one attached hydrogen (secondary N) is 1. The highest BCUT2D eigenvalue weighted by Crippen LogP contribution is 2.43. The molecule has 1 saturated heterocycles. The monoisotopic (exact) mass is 210 g/mol. The van der Waals surface area contributed by atoms with Crippen molar-refractivity contribution in [3.05, 3.63) is 0 Å². The largest absolute Gasteiger partial charge is 0.309 e. The molecule has 0 spiro atoms. The second-order valence-corrected chi connectivity index (χ2v) is 6.19. The van der Waals surface area contributed by atoms with Crippen molar-refractivity contribution in [1.82, 2.24) is 10.2 Å². The third-order valence-electron chi connectivity index (χ3n) is 4.65. The molecule has 2 aliphatic rings. The van der Waals surface area contributed by atoms with Crippen molar-refractivity contribution in [2.75, 3.05) is 19.6 Å². The van der Waals surface area contributed by atoms with Crippen molar-refractivity contribution in [2.45, 2.75) is 58.0 Å². The van der Waals surface area contributed by atoms with E-state index in [0.29, 0.717) is 11.1 Å². The van der Waals surface area contributed by atoms with Crippen LogP contribution in [0.3, 0.4) is 0 Å². The molecule has 0 bridgehead atoms. The Hall–Kier alpha value is -0.0800. The Morgan fingerprint density at radius 2 is 2.07 bits per heavy atom. The maximum Gasteiger partial charge on any atom is 0.0278 e. The Balaban J connectivity index is 2.03. The van der Waals surface area contributed by atoms with Gasteiger partial charge in [0, 0.05) is 30.7 Å². The van der Waals surface area contributed by atoms with Crippen molar-refractivity contribution < 1.29 is 0 Å². The molecule has 15 heavy (non-hydrogen) atoms. The van der Waals surface area contributed by atoms with Crippen molar-refractivity contribution in [2.24, 2.45) is 5.92 Å². The normalized spacial score (nSPS) is 34.4. The second kappa shape index (κ2) is 3.74. The molecule has 1 unspecified atom stereocenters. The third-order valence-corrected chi connectivity index (χ3v) is 4.65. The molecule has 2 heteroatoms. The van der Waals surface area contributed by atoms with E-state index < -0.39 is 0 Å². The third kappa shape index (κ3) is 2.21. The average molecular weight is 210 g/mol. The van der Waals surface area contributed by atoms with E-state index in [-0.39, 0.29) is 0 Å². The van der Waals surface area contributed by atoms with E-state index in [2.05, 4.69) is 37.9 Å². The molecule has 2 fully saturated rings. The van der Waals surface area contributed by atoms with Crippen LogP contribution in [0.5, 0.6) is 0 Å².